The molecule has 0 saturated carbocycles. The van der Waals surface area contributed by atoms with Gasteiger partial charge in [-0.3, -0.25) is 5.32 Å². The molecule has 1 rings (SSSR count). The first kappa shape index (κ1) is 12.2. The summed E-state index contributed by atoms with van der Waals surface area (Å²) < 4.78 is 0. The second-order valence-electron chi connectivity index (χ2n) is 3.47. The molecule has 2 amide bonds. The van der Waals surface area contributed by atoms with Crippen molar-refractivity contribution >= 4 is 18.1 Å². The van der Waals surface area contributed by atoms with Crippen molar-refractivity contribution in [2.75, 3.05) is 13.1 Å². The summed E-state index contributed by atoms with van der Waals surface area (Å²) >= 11 is 0. The summed E-state index contributed by atoms with van der Waals surface area (Å²) in [6.45, 7) is 0.987. The van der Waals surface area contributed by atoms with Crippen LogP contribution in [0.1, 0.15) is 12.8 Å². The van der Waals surface area contributed by atoms with Gasteiger partial charge in [-0.1, -0.05) is 0 Å². The number of nitrogens with one attached hydrogen (secondary N) is 1. The maximum atomic E-state index is 10.5. The van der Waals surface area contributed by atoms with Crippen molar-refractivity contribution in [2.24, 2.45) is 10.7 Å². The predicted octanol–water partition coefficient (Wildman–Crippen LogP) is -0.289. The van der Waals surface area contributed by atoms with Gasteiger partial charge in [0, 0.05) is 19.1 Å². The van der Waals surface area contributed by atoms with E-state index in [1.165, 1.54) is 0 Å². The lowest BCUT2D eigenvalue weighted by molar-refractivity contribution is 0.197. The van der Waals surface area contributed by atoms with Crippen LogP contribution in [0.4, 0.5) is 9.59 Å². The molecular weight excluding hydrogens is 216 g/mol. The highest BCUT2D eigenvalue weighted by atomic mass is 16.4. The summed E-state index contributed by atoms with van der Waals surface area (Å²) in [6.07, 6.45) is -1.41. The molecule has 0 unspecified atom stereocenters. The van der Waals surface area contributed by atoms with E-state index in [1.54, 1.807) is 4.90 Å². The number of guanidine groups is 1. The molecule has 1 saturated heterocycles. The molecule has 5 N–H and O–H groups in total. The van der Waals surface area contributed by atoms with E-state index in [1.807, 2.05) is 5.32 Å². The second-order valence-corrected chi connectivity index (χ2v) is 3.47. The molecule has 16 heavy (non-hydrogen) atoms. The molecule has 1 fully saturated rings. The highest BCUT2D eigenvalue weighted by Gasteiger charge is 2.21. The van der Waals surface area contributed by atoms with Gasteiger partial charge in [0.1, 0.15) is 0 Å². The van der Waals surface area contributed by atoms with Crippen molar-refractivity contribution in [3.05, 3.63) is 0 Å². The third-order valence-electron chi connectivity index (χ3n) is 2.26. The van der Waals surface area contributed by atoms with Crippen LogP contribution in [0.25, 0.3) is 0 Å². The minimum absolute atomic E-state index is 0.0761. The number of hydrogen-bond acceptors (Lipinski definition) is 3. The maximum absolute atomic E-state index is 10.5. The van der Waals surface area contributed by atoms with Crippen molar-refractivity contribution in [1.82, 2.24) is 10.2 Å². The van der Waals surface area contributed by atoms with Crippen LogP contribution in [-0.4, -0.2) is 52.4 Å². The summed E-state index contributed by atoms with van der Waals surface area (Å²) in [4.78, 5) is 25.6. The van der Waals surface area contributed by atoms with E-state index in [9.17, 15) is 9.59 Å². The van der Waals surface area contributed by atoms with Crippen LogP contribution in [0.2, 0.25) is 0 Å². The Bertz CT molecular complexity index is 309. The van der Waals surface area contributed by atoms with Crippen LogP contribution in [0.15, 0.2) is 4.99 Å². The van der Waals surface area contributed by atoms with Gasteiger partial charge in [-0.25, -0.2) is 9.59 Å². The van der Waals surface area contributed by atoms with Crippen LogP contribution >= 0.6 is 0 Å². The highest BCUT2D eigenvalue weighted by molar-refractivity contribution is 5.97. The molecule has 0 aromatic rings. The van der Waals surface area contributed by atoms with E-state index in [2.05, 4.69) is 4.99 Å². The van der Waals surface area contributed by atoms with Crippen LogP contribution in [0.3, 0.4) is 0 Å². The van der Waals surface area contributed by atoms with Gasteiger partial charge in [0.15, 0.2) is 0 Å². The molecule has 0 aromatic heterocycles. The second kappa shape index (κ2) is 5.31. The quantitative estimate of drug-likeness (QED) is 0.334. The first-order valence-electron chi connectivity index (χ1n) is 4.81. The van der Waals surface area contributed by atoms with Crippen molar-refractivity contribution in [3.8, 4) is 0 Å². The molecule has 8 nitrogen and oxygen atoms in total. The van der Waals surface area contributed by atoms with E-state index in [0.29, 0.717) is 25.9 Å². The smallest absolute Gasteiger partial charge is 0.434 e. The molecule has 0 aromatic carbocycles. The fourth-order valence-electron chi connectivity index (χ4n) is 1.48. The summed E-state index contributed by atoms with van der Waals surface area (Å²) in [5.41, 5.74) is 5.68. The topological polar surface area (TPSA) is 128 Å². The number of hydrogen-bond donors (Lipinski definition) is 4. The number of nitrogens with zero attached hydrogens (tertiary/aromatic N) is 2. The largest absolute Gasteiger partial charge is 0.465 e. The van der Waals surface area contributed by atoms with E-state index >= 15 is 0 Å². The molecule has 1 heterocycles. The number of carbonyl (C=O) groups is 2. The van der Waals surface area contributed by atoms with Crippen molar-refractivity contribution in [2.45, 2.75) is 18.9 Å². The highest BCUT2D eigenvalue weighted by Crippen LogP contribution is 2.08. The Morgan fingerprint density at radius 3 is 2.31 bits per heavy atom. The lowest BCUT2D eigenvalue weighted by Gasteiger charge is -2.31. The fraction of sp³-hybridized carbons (Fsp3) is 0.625. The van der Waals surface area contributed by atoms with E-state index in [-0.39, 0.29) is 12.0 Å². The molecule has 1 aliphatic heterocycles. The third kappa shape index (κ3) is 3.73. The minimum atomic E-state index is -1.43. The average Bonchev–Trinajstić information content (AvgIpc) is 2.16. The zero-order chi connectivity index (χ0) is 12.1. The van der Waals surface area contributed by atoms with Crippen LogP contribution in [-0.2, 0) is 0 Å². The van der Waals surface area contributed by atoms with E-state index in [0.717, 1.165) is 0 Å². The van der Waals surface area contributed by atoms with Gasteiger partial charge in [-0.15, -0.1) is 4.99 Å². The third-order valence-corrected chi connectivity index (χ3v) is 2.26. The number of carboxylic acid groups (broad SMARTS) is 2. The molecule has 1 aliphatic rings. The molecule has 0 radical (unpaired) electrons. The maximum Gasteiger partial charge on any atom is 0.434 e. The number of aliphatic imine (C=N–C) groups is 1. The number of likely N-dealkylation sites (tertiary alicyclic amines) is 1. The molecule has 90 valence electrons. The van der Waals surface area contributed by atoms with Crippen molar-refractivity contribution in [1.29, 1.82) is 0 Å². The van der Waals surface area contributed by atoms with Gasteiger partial charge >= 0.3 is 12.2 Å². The Labute approximate surface area is 91.7 Å². The first-order chi connectivity index (χ1) is 7.49. The van der Waals surface area contributed by atoms with Gasteiger partial charge < -0.3 is 20.8 Å². The van der Waals surface area contributed by atoms with Crippen LogP contribution < -0.4 is 11.1 Å². The normalized spacial score (nSPS) is 18.3. The number of piperidine rings is 1. The Morgan fingerprint density at radius 1 is 1.31 bits per heavy atom. The van der Waals surface area contributed by atoms with Crippen molar-refractivity contribution in [3.63, 3.8) is 0 Å². The average molecular weight is 230 g/mol. The summed E-state index contributed by atoms with van der Waals surface area (Å²) in [6, 6.07) is 0.0761. The zero-order valence-corrected chi connectivity index (χ0v) is 8.59. The van der Waals surface area contributed by atoms with Crippen LogP contribution in [0.5, 0.6) is 0 Å². The van der Waals surface area contributed by atoms with Gasteiger partial charge in [0.2, 0.25) is 5.96 Å². The first-order valence-corrected chi connectivity index (χ1v) is 4.81. The molecule has 0 spiro atoms. The van der Waals surface area contributed by atoms with Crippen molar-refractivity contribution < 1.29 is 19.8 Å². The Hall–Kier alpha value is -1.83. The number of nitrogens with two attached hydrogens (primary N) is 1. The van der Waals surface area contributed by atoms with E-state index < -0.39 is 12.2 Å². The van der Waals surface area contributed by atoms with Crippen LogP contribution in [0, 0.1) is 0 Å². The lowest BCUT2D eigenvalue weighted by atomic mass is 10.1. The lowest BCUT2D eigenvalue weighted by Crippen LogP contribution is -2.49. The van der Waals surface area contributed by atoms with E-state index in [4.69, 9.17) is 15.9 Å². The number of rotatable bonds is 0. The molecule has 8 heteroatoms. The fourth-order valence-corrected chi connectivity index (χ4v) is 1.48. The van der Waals surface area contributed by atoms with Gasteiger partial charge in [0.05, 0.1) is 0 Å². The Morgan fingerprint density at radius 2 is 1.88 bits per heavy atom. The SMILES string of the molecule is NC1CCN(C(=NC(=O)O)NC(=O)O)CC1. The molecule has 0 atom stereocenters. The molecule has 0 aliphatic carbocycles. The summed E-state index contributed by atoms with van der Waals surface area (Å²) in [7, 11) is 0. The van der Waals surface area contributed by atoms with Gasteiger partial charge in [-0.05, 0) is 12.8 Å². The summed E-state index contributed by atoms with van der Waals surface area (Å²) in [5.74, 6) is -0.160. The van der Waals surface area contributed by atoms with Gasteiger partial charge in [0.25, 0.3) is 0 Å². The molecular formula is C8H14N4O4. The minimum Gasteiger partial charge on any atom is -0.465 e. The Kier molecular flexibility index (Phi) is 4.06. The number of amides is 2. The zero-order valence-electron chi connectivity index (χ0n) is 8.59. The van der Waals surface area contributed by atoms with Gasteiger partial charge in [-0.2, -0.15) is 0 Å². The monoisotopic (exact) mass is 230 g/mol. The summed E-state index contributed by atoms with van der Waals surface area (Å²) in [5, 5.41) is 19.0. The molecule has 0 bridgehead atoms. The standard InChI is InChI=1S/C8H14N4O4/c9-5-1-3-12(4-2-5)6(10-7(13)14)11-8(15)16/h5H,1-4,9H2,(H,10,11)(H,13,14)(H,15,16). The predicted molar refractivity (Wildman–Crippen MR) is 55.4 cm³/mol. The Balaban J connectivity index is 2.69.